The first kappa shape index (κ1) is 15.0. The molecule has 1 aromatic heterocycles. The SMILES string of the molecule is CCOC(C)c1noc(C2CC(CC)CC2C(=O)O)n1. The smallest absolute Gasteiger partial charge is 0.307 e. The summed E-state index contributed by atoms with van der Waals surface area (Å²) >= 11 is 0. The van der Waals surface area contributed by atoms with Gasteiger partial charge in [-0.3, -0.25) is 4.79 Å². The van der Waals surface area contributed by atoms with E-state index in [0.717, 1.165) is 12.8 Å². The molecule has 0 amide bonds. The van der Waals surface area contributed by atoms with Gasteiger partial charge in [0.25, 0.3) is 0 Å². The van der Waals surface area contributed by atoms with E-state index in [1.54, 1.807) is 0 Å². The average molecular weight is 282 g/mol. The van der Waals surface area contributed by atoms with Crippen LogP contribution in [-0.4, -0.2) is 27.8 Å². The highest BCUT2D eigenvalue weighted by atomic mass is 16.5. The molecule has 1 heterocycles. The van der Waals surface area contributed by atoms with Crippen molar-refractivity contribution in [2.75, 3.05) is 6.61 Å². The number of carboxylic acids is 1. The number of nitrogens with zero attached hydrogens (tertiary/aromatic N) is 2. The maximum Gasteiger partial charge on any atom is 0.307 e. The van der Waals surface area contributed by atoms with Crippen LogP contribution < -0.4 is 0 Å². The van der Waals surface area contributed by atoms with Crippen molar-refractivity contribution in [3.8, 4) is 0 Å². The van der Waals surface area contributed by atoms with Gasteiger partial charge < -0.3 is 14.4 Å². The van der Waals surface area contributed by atoms with Crippen molar-refractivity contribution in [3.05, 3.63) is 11.7 Å². The van der Waals surface area contributed by atoms with Gasteiger partial charge in [-0.2, -0.15) is 4.98 Å². The molecule has 1 aliphatic rings. The first-order valence-corrected chi connectivity index (χ1v) is 7.24. The van der Waals surface area contributed by atoms with Crippen LogP contribution >= 0.6 is 0 Å². The number of carbonyl (C=O) groups is 1. The molecule has 112 valence electrons. The summed E-state index contributed by atoms with van der Waals surface area (Å²) in [6.45, 7) is 6.42. The number of hydrogen-bond donors (Lipinski definition) is 1. The van der Waals surface area contributed by atoms with Crippen molar-refractivity contribution in [1.82, 2.24) is 10.1 Å². The molecule has 1 saturated carbocycles. The summed E-state index contributed by atoms with van der Waals surface area (Å²) in [5.74, 6) is -0.0201. The van der Waals surface area contributed by atoms with Gasteiger partial charge in [0, 0.05) is 6.61 Å². The molecule has 6 nitrogen and oxygen atoms in total. The van der Waals surface area contributed by atoms with E-state index in [-0.39, 0.29) is 12.0 Å². The van der Waals surface area contributed by atoms with Crippen LogP contribution in [-0.2, 0) is 9.53 Å². The molecule has 6 heteroatoms. The lowest BCUT2D eigenvalue weighted by molar-refractivity contribution is -0.142. The fourth-order valence-corrected chi connectivity index (χ4v) is 2.91. The Bertz CT molecular complexity index is 460. The minimum atomic E-state index is -0.774. The normalized spacial score (nSPS) is 27.6. The zero-order chi connectivity index (χ0) is 14.7. The largest absolute Gasteiger partial charge is 0.481 e. The molecule has 0 spiro atoms. The van der Waals surface area contributed by atoms with Gasteiger partial charge in [0.2, 0.25) is 5.89 Å². The number of carboxylic acid groups (broad SMARTS) is 1. The second-order valence-electron chi connectivity index (χ2n) is 5.39. The second-order valence-corrected chi connectivity index (χ2v) is 5.39. The second kappa shape index (κ2) is 6.35. The van der Waals surface area contributed by atoms with Crippen LogP contribution in [0.5, 0.6) is 0 Å². The predicted octanol–water partition coefficient (Wildman–Crippen LogP) is 2.77. The maximum atomic E-state index is 11.4. The monoisotopic (exact) mass is 282 g/mol. The standard InChI is InChI=1S/C14H22N2O4/c1-4-9-6-10(11(7-9)14(17)18)13-15-12(16-20-13)8(3)19-5-2/h8-11H,4-7H2,1-3H3,(H,17,18). The minimum absolute atomic E-state index is 0.174. The van der Waals surface area contributed by atoms with Crippen molar-refractivity contribution in [2.45, 2.75) is 52.1 Å². The highest BCUT2D eigenvalue weighted by Gasteiger charge is 2.42. The summed E-state index contributed by atoms with van der Waals surface area (Å²) in [7, 11) is 0. The Morgan fingerprint density at radius 2 is 2.25 bits per heavy atom. The maximum absolute atomic E-state index is 11.4. The molecule has 1 aliphatic carbocycles. The van der Waals surface area contributed by atoms with E-state index >= 15 is 0 Å². The fourth-order valence-electron chi connectivity index (χ4n) is 2.91. The van der Waals surface area contributed by atoms with Gasteiger partial charge >= 0.3 is 5.97 Å². The first-order valence-electron chi connectivity index (χ1n) is 7.24. The molecule has 0 bridgehead atoms. The molecule has 4 unspecified atom stereocenters. The Hall–Kier alpha value is -1.43. The van der Waals surface area contributed by atoms with Gasteiger partial charge in [-0.25, -0.2) is 0 Å². The van der Waals surface area contributed by atoms with Crippen LogP contribution in [0.2, 0.25) is 0 Å². The van der Waals surface area contributed by atoms with Gasteiger partial charge in [-0.05, 0) is 32.6 Å². The van der Waals surface area contributed by atoms with E-state index in [1.807, 2.05) is 13.8 Å². The lowest BCUT2D eigenvalue weighted by Crippen LogP contribution is -2.17. The molecule has 20 heavy (non-hydrogen) atoms. The minimum Gasteiger partial charge on any atom is -0.481 e. The summed E-state index contributed by atoms with van der Waals surface area (Å²) in [4.78, 5) is 15.7. The van der Waals surface area contributed by atoms with Crippen LogP contribution in [0.3, 0.4) is 0 Å². The third kappa shape index (κ3) is 3.00. The molecule has 0 saturated heterocycles. The Balaban J connectivity index is 2.15. The predicted molar refractivity (Wildman–Crippen MR) is 71.2 cm³/mol. The highest BCUT2D eigenvalue weighted by Crippen LogP contribution is 2.44. The summed E-state index contributed by atoms with van der Waals surface area (Å²) in [6, 6.07) is 0. The Kier molecular flexibility index (Phi) is 4.75. The van der Waals surface area contributed by atoms with E-state index in [0.29, 0.717) is 30.7 Å². The quantitative estimate of drug-likeness (QED) is 0.863. The molecule has 0 radical (unpaired) electrons. The topological polar surface area (TPSA) is 85.5 Å². The van der Waals surface area contributed by atoms with E-state index in [9.17, 15) is 9.90 Å². The zero-order valence-electron chi connectivity index (χ0n) is 12.2. The Morgan fingerprint density at radius 1 is 1.50 bits per heavy atom. The molecule has 0 aromatic carbocycles. The van der Waals surface area contributed by atoms with Crippen LogP contribution in [0.15, 0.2) is 4.52 Å². The molecule has 2 rings (SSSR count). The van der Waals surface area contributed by atoms with Crippen molar-refractivity contribution in [1.29, 1.82) is 0 Å². The summed E-state index contributed by atoms with van der Waals surface area (Å²) in [5, 5.41) is 13.3. The molecule has 1 N–H and O–H groups in total. The van der Waals surface area contributed by atoms with E-state index < -0.39 is 11.9 Å². The highest BCUT2D eigenvalue weighted by molar-refractivity contribution is 5.71. The van der Waals surface area contributed by atoms with Crippen LogP contribution in [0.4, 0.5) is 0 Å². The van der Waals surface area contributed by atoms with E-state index in [4.69, 9.17) is 9.26 Å². The lowest BCUT2D eigenvalue weighted by Gasteiger charge is -2.10. The first-order chi connectivity index (χ1) is 9.56. The third-order valence-corrected chi connectivity index (χ3v) is 4.11. The molecule has 4 atom stereocenters. The van der Waals surface area contributed by atoms with Crippen LogP contribution in [0.1, 0.15) is 63.8 Å². The number of rotatable bonds is 6. The lowest BCUT2D eigenvalue weighted by atomic mass is 9.96. The fraction of sp³-hybridized carbons (Fsp3) is 0.786. The molecule has 1 fully saturated rings. The van der Waals surface area contributed by atoms with Crippen molar-refractivity contribution in [2.24, 2.45) is 11.8 Å². The van der Waals surface area contributed by atoms with E-state index in [2.05, 4.69) is 17.1 Å². The summed E-state index contributed by atoms with van der Waals surface area (Å²) in [5.41, 5.74) is 0. The molecule has 0 aliphatic heterocycles. The van der Waals surface area contributed by atoms with Crippen LogP contribution in [0.25, 0.3) is 0 Å². The molecular formula is C14H22N2O4. The van der Waals surface area contributed by atoms with Gasteiger partial charge in [0.15, 0.2) is 5.82 Å². The summed E-state index contributed by atoms with van der Waals surface area (Å²) < 4.78 is 10.7. The molecule has 1 aromatic rings. The van der Waals surface area contributed by atoms with Crippen molar-refractivity contribution < 1.29 is 19.2 Å². The molecular weight excluding hydrogens is 260 g/mol. The number of ether oxygens (including phenoxy) is 1. The van der Waals surface area contributed by atoms with E-state index in [1.165, 1.54) is 0 Å². The van der Waals surface area contributed by atoms with Gasteiger partial charge in [-0.15, -0.1) is 0 Å². The number of aliphatic carboxylic acids is 1. The average Bonchev–Trinajstić information content (AvgIpc) is 3.05. The Labute approximate surface area is 118 Å². The van der Waals surface area contributed by atoms with Crippen molar-refractivity contribution in [3.63, 3.8) is 0 Å². The van der Waals surface area contributed by atoms with Gasteiger partial charge in [0.1, 0.15) is 6.10 Å². The van der Waals surface area contributed by atoms with Gasteiger partial charge in [0.05, 0.1) is 11.8 Å². The van der Waals surface area contributed by atoms with Gasteiger partial charge in [-0.1, -0.05) is 18.5 Å². The third-order valence-electron chi connectivity index (χ3n) is 4.11. The number of hydrogen-bond acceptors (Lipinski definition) is 5. The Morgan fingerprint density at radius 3 is 2.85 bits per heavy atom. The zero-order valence-corrected chi connectivity index (χ0v) is 12.2. The summed E-state index contributed by atoms with van der Waals surface area (Å²) in [6.07, 6.45) is 2.24. The van der Waals surface area contributed by atoms with Crippen LogP contribution in [0, 0.1) is 11.8 Å². The number of aromatic nitrogens is 2. The van der Waals surface area contributed by atoms with Crippen molar-refractivity contribution >= 4 is 5.97 Å².